The molecule has 0 atom stereocenters. The molecule has 1 amide bonds. The number of fused-ring (bicyclic) bond motifs is 1. The first-order chi connectivity index (χ1) is 14.0. The summed E-state index contributed by atoms with van der Waals surface area (Å²) in [6.07, 6.45) is 2.21. The molecule has 8 heteroatoms. The molecular weight excluding hydrogens is 409 g/mol. The first-order valence-electron chi connectivity index (χ1n) is 9.78. The molecule has 0 radical (unpaired) electrons. The van der Waals surface area contributed by atoms with E-state index < -0.39 is 0 Å². The summed E-state index contributed by atoms with van der Waals surface area (Å²) < 4.78 is 1.83. The summed E-state index contributed by atoms with van der Waals surface area (Å²) in [5.41, 5.74) is 3.58. The Morgan fingerprint density at radius 2 is 1.97 bits per heavy atom. The third-order valence-corrected chi connectivity index (χ3v) is 6.06. The van der Waals surface area contributed by atoms with Crippen molar-refractivity contribution in [3.8, 4) is 0 Å². The van der Waals surface area contributed by atoms with E-state index in [0.29, 0.717) is 42.2 Å². The van der Waals surface area contributed by atoms with Crippen molar-refractivity contribution < 1.29 is 4.79 Å². The largest absolute Gasteiger partial charge is 0.356 e. The van der Waals surface area contributed by atoms with E-state index in [1.807, 2.05) is 28.6 Å². The van der Waals surface area contributed by atoms with Gasteiger partial charge in [-0.25, -0.2) is 0 Å². The zero-order valence-corrected chi connectivity index (χ0v) is 18.4. The van der Waals surface area contributed by atoms with Crippen LogP contribution in [0.15, 0.2) is 35.3 Å². The van der Waals surface area contributed by atoms with E-state index in [4.69, 9.17) is 23.2 Å². The van der Waals surface area contributed by atoms with E-state index in [9.17, 15) is 4.79 Å². The second-order valence-electron chi connectivity index (χ2n) is 7.12. The number of nitrogens with one attached hydrogen (secondary N) is 2. The molecule has 1 aliphatic rings. The molecule has 2 aromatic rings. The number of carbonyl (C=O) groups is 1. The third kappa shape index (κ3) is 5.46. The summed E-state index contributed by atoms with van der Waals surface area (Å²) in [6.45, 7) is 2.74. The van der Waals surface area contributed by atoms with Gasteiger partial charge in [0.1, 0.15) is 5.15 Å². The number of hydrogen-bond donors (Lipinski definition) is 2. The average Bonchev–Trinajstić information content (AvgIpc) is 2.99. The monoisotopic (exact) mass is 435 g/mol. The van der Waals surface area contributed by atoms with Crippen molar-refractivity contribution in [3.63, 3.8) is 0 Å². The average molecular weight is 436 g/mol. The maximum absolute atomic E-state index is 12.5. The number of rotatable bonds is 6. The Balaban J connectivity index is 1.39. The number of carbonyl (C=O) groups excluding carboxylic acids is 1. The van der Waals surface area contributed by atoms with Gasteiger partial charge >= 0.3 is 0 Å². The fourth-order valence-corrected chi connectivity index (χ4v) is 3.88. The van der Waals surface area contributed by atoms with Gasteiger partial charge in [-0.15, -0.1) is 0 Å². The molecule has 0 aliphatic carbocycles. The van der Waals surface area contributed by atoms with Crippen LogP contribution in [-0.4, -0.2) is 41.5 Å². The summed E-state index contributed by atoms with van der Waals surface area (Å²) in [5, 5.41) is 7.54. The Morgan fingerprint density at radius 3 is 2.66 bits per heavy atom. The minimum absolute atomic E-state index is 0.206. The third-order valence-electron chi connectivity index (χ3n) is 5.22. The minimum Gasteiger partial charge on any atom is -0.356 e. The van der Waals surface area contributed by atoms with Gasteiger partial charge in [-0.1, -0.05) is 47.5 Å². The highest BCUT2D eigenvalue weighted by Gasteiger charge is 2.19. The van der Waals surface area contributed by atoms with Crippen LogP contribution in [0.1, 0.15) is 29.7 Å². The summed E-state index contributed by atoms with van der Waals surface area (Å²) in [6, 6.07) is 10.2. The van der Waals surface area contributed by atoms with Crippen molar-refractivity contribution in [2.24, 2.45) is 12.0 Å². The SMILES string of the molecule is CN=C(NCCCC(=O)N1CCc2ccccc2C1)NCc1cc(Cl)c(Cl)n1C. The Kier molecular flexibility index (Phi) is 7.45. The number of amides is 1. The number of nitrogens with zero attached hydrogens (tertiary/aromatic N) is 3. The quantitative estimate of drug-likeness (QED) is 0.415. The van der Waals surface area contributed by atoms with E-state index in [-0.39, 0.29) is 5.91 Å². The molecule has 0 unspecified atom stereocenters. The molecule has 2 N–H and O–H groups in total. The molecule has 3 rings (SSSR count). The van der Waals surface area contributed by atoms with Gasteiger partial charge in [0.2, 0.25) is 5.91 Å². The van der Waals surface area contributed by atoms with Crippen molar-refractivity contribution >= 4 is 35.1 Å². The number of guanidine groups is 1. The molecule has 1 aromatic heterocycles. The fraction of sp³-hybridized carbons (Fsp3) is 0.429. The maximum atomic E-state index is 12.5. The van der Waals surface area contributed by atoms with Crippen LogP contribution in [0.2, 0.25) is 10.2 Å². The van der Waals surface area contributed by atoms with Gasteiger partial charge in [-0.05, 0) is 30.0 Å². The molecule has 0 fully saturated rings. The maximum Gasteiger partial charge on any atom is 0.222 e. The highest BCUT2D eigenvalue weighted by atomic mass is 35.5. The molecule has 6 nitrogen and oxygen atoms in total. The van der Waals surface area contributed by atoms with Crippen molar-refractivity contribution in [2.45, 2.75) is 32.4 Å². The van der Waals surface area contributed by atoms with Crippen LogP contribution in [0.25, 0.3) is 0 Å². The molecule has 1 aromatic carbocycles. The molecule has 0 saturated heterocycles. The van der Waals surface area contributed by atoms with Crippen LogP contribution in [0.5, 0.6) is 0 Å². The lowest BCUT2D eigenvalue weighted by Gasteiger charge is -2.29. The number of halogens is 2. The summed E-state index contributed by atoms with van der Waals surface area (Å²) in [7, 11) is 3.59. The van der Waals surface area contributed by atoms with Crippen LogP contribution in [-0.2, 0) is 31.4 Å². The van der Waals surface area contributed by atoms with Gasteiger partial charge in [0.25, 0.3) is 0 Å². The molecular formula is C21H27Cl2N5O. The lowest BCUT2D eigenvalue weighted by molar-refractivity contribution is -0.132. The second kappa shape index (κ2) is 10.0. The lowest BCUT2D eigenvalue weighted by Crippen LogP contribution is -2.39. The number of benzene rings is 1. The number of hydrogen-bond acceptors (Lipinski definition) is 2. The lowest BCUT2D eigenvalue weighted by atomic mass is 9.99. The first kappa shape index (κ1) is 21.5. The van der Waals surface area contributed by atoms with Crippen LogP contribution < -0.4 is 10.6 Å². The van der Waals surface area contributed by atoms with Gasteiger partial charge < -0.3 is 20.1 Å². The van der Waals surface area contributed by atoms with Gasteiger partial charge in [0, 0.05) is 45.8 Å². The zero-order valence-electron chi connectivity index (χ0n) is 16.8. The predicted molar refractivity (Wildman–Crippen MR) is 118 cm³/mol. The molecule has 0 bridgehead atoms. The smallest absolute Gasteiger partial charge is 0.222 e. The van der Waals surface area contributed by atoms with E-state index >= 15 is 0 Å². The van der Waals surface area contributed by atoms with E-state index in [1.54, 1.807) is 7.05 Å². The molecule has 0 saturated carbocycles. The second-order valence-corrected chi connectivity index (χ2v) is 7.89. The predicted octanol–water partition coefficient (Wildman–Crippen LogP) is 3.36. The number of aliphatic imine (C=N–C) groups is 1. The van der Waals surface area contributed by atoms with Gasteiger partial charge in [0.15, 0.2) is 5.96 Å². The normalized spacial score (nSPS) is 13.9. The molecule has 156 valence electrons. The van der Waals surface area contributed by atoms with Gasteiger partial charge in [-0.2, -0.15) is 0 Å². The van der Waals surface area contributed by atoms with Crippen LogP contribution in [0.4, 0.5) is 0 Å². The summed E-state index contributed by atoms with van der Waals surface area (Å²) in [5.74, 6) is 0.884. The minimum atomic E-state index is 0.206. The Morgan fingerprint density at radius 1 is 1.21 bits per heavy atom. The fourth-order valence-electron chi connectivity index (χ4n) is 3.47. The van der Waals surface area contributed by atoms with Crippen LogP contribution in [0, 0.1) is 0 Å². The van der Waals surface area contributed by atoms with Crippen LogP contribution >= 0.6 is 23.2 Å². The summed E-state index contributed by atoms with van der Waals surface area (Å²) >= 11 is 12.1. The topological polar surface area (TPSA) is 61.7 Å². The Labute approximate surface area is 181 Å². The van der Waals surface area contributed by atoms with Crippen molar-refractivity contribution in [2.75, 3.05) is 20.1 Å². The standard InChI is InChI=1S/C21H27Cl2N5O/c1-24-21(26-13-17-12-18(22)20(23)27(17)2)25-10-5-8-19(29)28-11-9-15-6-3-4-7-16(15)14-28/h3-4,6-7,12H,5,8-11,13-14H2,1-2H3,(H2,24,25,26). The van der Waals surface area contributed by atoms with E-state index in [2.05, 4.69) is 33.8 Å². The zero-order chi connectivity index (χ0) is 20.8. The van der Waals surface area contributed by atoms with E-state index in [1.165, 1.54) is 11.1 Å². The highest BCUT2D eigenvalue weighted by Crippen LogP contribution is 2.25. The van der Waals surface area contributed by atoms with Gasteiger partial charge in [0.05, 0.1) is 11.6 Å². The number of aromatic nitrogens is 1. The molecule has 1 aliphatic heterocycles. The highest BCUT2D eigenvalue weighted by molar-refractivity contribution is 6.41. The van der Waals surface area contributed by atoms with E-state index in [0.717, 1.165) is 25.1 Å². The molecule has 2 heterocycles. The molecule has 0 spiro atoms. The van der Waals surface area contributed by atoms with Crippen molar-refractivity contribution in [1.29, 1.82) is 0 Å². The van der Waals surface area contributed by atoms with Crippen LogP contribution in [0.3, 0.4) is 0 Å². The molecule has 29 heavy (non-hydrogen) atoms. The first-order valence-corrected chi connectivity index (χ1v) is 10.5. The summed E-state index contributed by atoms with van der Waals surface area (Å²) in [4.78, 5) is 18.7. The Bertz CT molecular complexity index is 893. The van der Waals surface area contributed by atoms with Gasteiger partial charge in [-0.3, -0.25) is 9.79 Å². The van der Waals surface area contributed by atoms with Crippen molar-refractivity contribution in [3.05, 3.63) is 57.3 Å². The van der Waals surface area contributed by atoms with Crippen molar-refractivity contribution in [1.82, 2.24) is 20.1 Å². The Hall–Kier alpha value is -2.18.